The van der Waals surface area contributed by atoms with Crippen molar-refractivity contribution in [3.05, 3.63) is 64.1 Å². The van der Waals surface area contributed by atoms with Crippen LogP contribution in [0.2, 0.25) is 5.02 Å². The number of aromatic nitrogens is 2. The summed E-state index contributed by atoms with van der Waals surface area (Å²) in [7, 11) is 0. The third kappa shape index (κ3) is 2.13. The first-order valence-corrected chi connectivity index (χ1v) is 7.56. The number of nitrogens with zero attached hydrogens (tertiary/aromatic N) is 1. The van der Waals surface area contributed by atoms with Gasteiger partial charge in [0.25, 0.3) is 0 Å². The molecule has 0 aliphatic carbocycles. The highest BCUT2D eigenvalue weighted by atomic mass is 35.5. The van der Waals surface area contributed by atoms with Crippen LogP contribution in [0, 0.1) is 6.92 Å². The Balaban J connectivity index is 1.88. The van der Waals surface area contributed by atoms with Gasteiger partial charge >= 0.3 is 0 Å². The normalized spacial score (nSPS) is 17.9. The van der Waals surface area contributed by atoms with E-state index in [0.29, 0.717) is 0 Å². The van der Waals surface area contributed by atoms with Gasteiger partial charge in [0.15, 0.2) is 0 Å². The molecular weight excluding hydrogens is 282 g/mol. The van der Waals surface area contributed by atoms with Gasteiger partial charge in [-0.15, -0.1) is 0 Å². The SMILES string of the molecule is Cc1ccc(C2NCCc3c2[nH]c2ccc(Cl)cc32)nc1. The van der Waals surface area contributed by atoms with Crippen molar-refractivity contribution in [2.75, 3.05) is 6.54 Å². The van der Waals surface area contributed by atoms with E-state index < -0.39 is 0 Å². The zero-order valence-corrected chi connectivity index (χ0v) is 12.5. The van der Waals surface area contributed by atoms with Gasteiger partial charge in [-0.25, -0.2) is 0 Å². The molecule has 0 radical (unpaired) electrons. The van der Waals surface area contributed by atoms with E-state index in [4.69, 9.17) is 11.6 Å². The molecule has 2 N–H and O–H groups in total. The van der Waals surface area contributed by atoms with Crippen molar-refractivity contribution >= 4 is 22.5 Å². The summed E-state index contributed by atoms with van der Waals surface area (Å²) in [6.07, 6.45) is 2.93. The third-order valence-corrected chi connectivity index (χ3v) is 4.38. The molecule has 0 fully saturated rings. The summed E-state index contributed by atoms with van der Waals surface area (Å²) in [6, 6.07) is 10.4. The summed E-state index contributed by atoms with van der Waals surface area (Å²) in [5.41, 5.74) is 5.95. The number of hydrogen-bond acceptors (Lipinski definition) is 2. The summed E-state index contributed by atoms with van der Waals surface area (Å²) < 4.78 is 0. The van der Waals surface area contributed by atoms with E-state index in [1.54, 1.807) is 0 Å². The number of benzene rings is 1. The van der Waals surface area contributed by atoms with Gasteiger partial charge in [0, 0.05) is 34.4 Å². The highest BCUT2D eigenvalue weighted by Gasteiger charge is 2.25. The highest BCUT2D eigenvalue weighted by molar-refractivity contribution is 6.31. The molecular formula is C17H16ClN3. The van der Waals surface area contributed by atoms with E-state index in [1.807, 2.05) is 12.3 Å². The van der Waals surface area contributed by atoms with Crippen LogP contribution in [-0.2, 0) is 6.42 Å². The van der Waals surface area contributed by atoms with Gasteiger partial charge in [-0.3, -0.25) is 4.98 Å². The molecule has 1 atom stereocenters. The van der Waals surface area contributed by atoms with Gasteiger partial charge in [0.1, 0.15) is 0 Å². The monoisotopic (exact) mass is 297 g/mol. The molecule has 3 aromatic rings. The van der Waals surface area contributed by atoms with Gasteiger partial charge in [-0.1, -0.05) is 17.7 Å². The minimum absolute atomic E-state index is 0.125. The summed E-state index contributed by atoms with van der Waals surface area (Å²) in [4.78, 5) is 8.13. The van der Waals surface area contributed by atoms with Crippen molar-refractivity contribution in [3.63, 3.8) is 0 Å². The molecule has 0 spiro atoms. The van der Waals surface area contributed by atoms with Crippen LogP contribution in [-0.4, -0.2) is 16.5 Å². The van der Waals surface area contributed by atoms with E-state index >= 15 is 0 Å². The predicted molar refractivity (Wildman–Crippen MR) is 85.8 cm³/mol. The number of pyridine rings is 1. The van der Waals surface area contributed by atoms with Crippen LogP contribution in [0.3, 0.4) is 0 Å². The summed E-state index contributed by atoms with van der Waals surface area (Å²) >= 11 is 6.15. The van der Waals surface area contributed by atoms with Gasteiger partial charge in [0.05, 0.1) is 11.7 Å². The smallest absolute Gasteiger partial charge is 0.0906 e. The Hall–Kier alpha value is -1.84. The number of aromatic amines is 1. The maximum absolute atomic E-state index is 6.15. The summed E-state index contributed by atoms with van der Waals surface area (Å²) in [5.74, 6) is 0. The zero-order chi connectivity index (χ0) is 14.4. The Morgan fingerprint density at radius 2 is 2.14 bits per heavy atom. The molecule has 4 rings (SSSR count). The van der Waals surface area contributed by atoms with Crippen molar-refractivity contribution in [2.45, 2.75) is 19.4 Å². The maximum Gasteiger partial charge on any atom is 0.0906 e. The molecule has 1 aliphatic rings. The lowest BCUT2D eigenvalue weighted by Gasteiger charge is -2.24. The van der Waals surface area contributed by atoms with E-state index in [1.165, 1.54) is 22.2 Å². The molecule has 1 aliphatic heterocycles. The molecule has 21 heavy (non-hydrogen) atoms. The Morgan fingerprint density at radius 3 is 2.95 bits per heavy atom. The van der Waals surface area contributed by atoms with Crippen molar-refractivity contribution in [1.29, 1.82) is 0 Å². The lowest BCUT2D eigenvalue weighted by molar-refractivity contribution is 0.549. The minimum atomic E-state index is 0.125. The quantitative estimate of drug-likeness (QED) is 0.718. The molecule has 0 saturated heterocycles. The maximum atomic E-state index is 6.15. The topological polar surface area (TPSA) is 40.7 Å². The summed E-state index contributed by atoms with van der Waals surface area (Å²) in [6.45, 7) is 3.01. The lowest BCUT2D eigenvalue weighted by atomic mass is 9.97. The van der Waals surface area contributed by atoms with Gasteiger partial charge in [-0.2, -0.15) is 0 Å². The first-order valence-electron chi connectivity index (χ1n) is 7.18. The fourth-order valence-corrected chi connectivity index (χ4v) is 3.27. The predicted octanol–water partition coefficient (Wildman–Crippen LogP) is 3.76. The number of H-pyrrole nitrogens is 1. The minimum Gasteiger partial charge on any atom is -0.357 e. The number of hydrogen-bond donors (Lipinski definition) is 2. The Kier molecular flexibility index (Phi) is 2.98. The second-order valence-corrected chi connectivity index (χ2v) is 6.04. The largest absolute Gasteiger partial charge is 0.357 e. The first-order chi connectivity index (χ1) is 10.2. The van der Waals surface area contributed by atoms with Gasteiger partial charge < -0.3 is 10.3 Å². The number of aryl methyl sites for hydroxylation is 1. The van der Waals surface area contributed by atoms with Crippen molar-refractivity contribution in [3.8, 4) is 0 Å². The Labute approximate surface area is 128 Å². The fraction of sp³-hybridized carbons (Fsp3) is 0.235. The van der Waals surface area contributed by atoms with Crippen molar-refractivity contribution in [2.24, 2.45) is 0 Å². The second kappa shape index (κ2) is 4.86. The molecule has 3 nitrogen and oxygen atoms in total. The molecule has 1 unspecified atom stereocenters. The van der Waals surface area contributed by atoms with E-state index in [2.05, 4.69) is 46.5 Å². The molecule has 1 aromatic carbocycles. The molecule has 0 saturated carbocycles. The number of fused-ring (bicyclic) bond motifs is 3. The van der Waals surface area contributed by atoms with Crippen LogP contribution in [0.1, 0.15) is 28.6 Å². The zero-order valence-electron chi connectivity index (χ0n) is 11.8. The van der Waals surface area contributed by atoms with E-state index in [-0.39, 0.29) is 6.04 Å². The molecule has 4 heteroatoms. The van der Waals surface area contributed by atoms with E-state index in [0.717, 1.165) is 29.2 Å². The van der Waals surface area contributed by atoms with Crippen LogP contribution < -0.4 is 5.32 Å². The van der Waals surface area contributed by atoms with Crippen LogP contribution in [0.15, 0.2) is 36.5 Å². The Bertz CT molecular complexity index is 805. The molecule has 106 valence electrons. The van der Waals surface area contributed by atoms with Crippen LogP contribution in [0.4, 0.5) is 0 Å². The first kappa shape index (κ1) is 12.9. The van der Waals surface area contributed by atoms with Gasteiger partial charge in [-0.05, 0) is 48.7 Å². The van der Waals surface area contributed by atoms with Gasteiger partial charge in [0.2, 0.25) is 0 Å². The van der Waals surface area contributed by atoms with Crippen molar-refractivity contribution in [1.82, 2.24) is 15.3 Å². The Morgan fingerprint density at radius 1 is 1.24 bits per heavy atom. The van der Waals surface area contributed by atoms with Crippen molar-refractivity contribution < 1.29 is 0 Å². The fourth-order valence-electron chi connectivity index (χ4n) is 3.10. The highest BCUT2D eigenvalue weighted by Crippen LogP contribution is 2.33. The third-order valence-electron chi connectivity index (χ3n) is 4.14. The lowest BCUT2D eigenvalue weighted by Crippen LogP contribution is -2.31. The number of nitrogens with one attached hydrogen (secondary N) is 2. The average Bonchev–Trinajstić information content (AvgIpc) is 2.86. The molecule has 0 amide bonds. The van der Waals surface area contributed by atoms with Crippen LogP contribution in [0.25, 0.3) is 10.9 Å². The van der Waals surface area contributed by atoms with Crippen LogP contribution >= 0.6 is 11.6 Å². The number of halogens is 1. The van der Waals surface area contributed by atoms with E-state index in [9.17, 15) is 0 Å². The van der Waals surface area contributed by atoms with Crippen LogP contribution in [0.5, 0.6) is 0 Å². The average molecular weight is 298 g/mol. The second-order valence-electron chi connectivity index (χ2n) is 5.60. The molecule has 2 aromatic heterocycles. The summed E-state index contributed by atoms with van der Waals surface area (Å²) in [5, 5.41) is 5.58. The standard InChI is InChI=1S/C17H16ClN3/c1-10-2-4-15(20-9-10)17-16-12(6-7-19-17)13-8-11(18)3-5-14(13)21-16/h2-5,8-9,17,19,21H,6-7H2,1H3. The molecule has 0 bridgehead atoms. The molecule has 3 heterocycles. The number of rotatable bonds is 1.